The topological polar surface area (TPSA) is 84.4 Å². The minimum Gasteiger partial charge on any atom is -0.379 e. The summed E-state index contributed by atoms with van der Waals surface area (Å²) < 4.78 is 29.0. The SMILES string of the molecule is Cc1sc2nc(CN3CCOCC3)nc(N[C@@H]3CCS(=O)(=O)C3)c2c1C. The zero-order valence-corrected chi connectivity index (χ0v) is 16.8. The molecule has 0 bridgehead atoms. The van der Waals surface area contributed by atoms with Gasteiger partial charge in [-0.05, 0) is 25.8 Å². The van der Waals surface area contributed by atoms with Crippen molar-refractivity contribution >= 4 is 37.2 Å². The van der Waals surface area contributed by atoms with Crippen LogP contribution in [0.4, 0.5) is 5.82 Å². The minimum atomic E-state index is -2.93. The zero-order chi connectivity index (χ0) is 18.3. The first kappa shape index (κ1) is 18.1. The molecule has 0 radical (unpaired) electrons. The number of sulfone groups is 1. The zero-order valence-electron chi connectivity index (χ0n) is 15.1. The lowest BCUT2D eigenvalue weighted by molar-refractivity contribution is 0.0331. The Hall–Kier alpha value is -1.29. The Bertz CT molecular complexity index is 920. The van der Waals surface area contributed by atoms with Crippen molar-refractivity contribution in [3.05, 3.63) is 16.3 Å². The Morgan fingerprint density at radius 2 is 2.04 bits per heavy atom. The molecule has 4 heterocycles. The lowest BCUT2D eigenvalue weighted by atomic mass is 10.2. The molecule has 2 fully saturated rings. The third kappa shape index (κ3) is 3.71. The monoisotopic (exact) mass is 396 g/mol. The predicted molar refractivity (Wildman–Crippen MR) is 104 cm³/mol. The lowest BCUT2D eigenvalue weighted by Gasteiger charge is -2.26. The largest absolute Gasteiger partial charge is 0.379 e. The Morgan fingerprint density at radius 3 is 2.73 bits per heavy atom. The van der Waals surface area contributed by atoms with Crippen LogP contribution in [0.5, 0.6) is 0 Å². The number of anilines is 1. The fourth-order valence-electron chi connectivity index (χ4n) is 3.53. The highest BCUT2D eigenvalue weighted by atomic mass is 32.2. The summed E-state index contributed by atoms with van der Waals surface area (Å²) in [5, 5.41) is 4.43. The Balaban J connectivity index is 1.66. The number of rotatable bonds is 4. The van der Waals surface area contributed by atoms with Crippen molar-refractivity contribution in [3.8, 4) is 0 Å². The molecule has 0 amide bonds. The van der Waals surface area contributed by atoms with Gasteiger partial charge in [-0.15, -0.1) is 11.3 Å². The summed E-state index contributed by atoms with van der Waals surface area (Å²) in [6.45, 7) is 8.10. The van der Waals surface area contributed by atoms with E-state index in [9.17, 15) is 8.42 Å². The molecule has 9 heteroatoms. The number of hydrogen-bond donors (Lipinski definition) is 1. The average Bonchev–Trinajstić information content (AvgIpc) is 3.07. The molecule has 2 saturated heterocycles. The number of morpholine rings is 1. The summed E-state index contributed by atoms with van der Waals surface area (Å²) in [5.41, 5.74) is 1.17. The van der Waals surface area contributed by atoms with Gasteiger partial charge in [0.2, 0.25) is 0 Å². The molecule has 0 saturated carbocycles. The van der Waals surface area contributed by atoms with Crippen molar-refractivity contribution < 1.29 is 13.2 Å². The van der Waals surface area contributed by atoms with E-state index in [1.807, 2.05) is 0 Å². The molecule has 2 aromatic rings. The molecular formula is C17H24N4O3S2. The van der Waals surface area contributed by atoms with Gasteiger partial charge in [0.05, 0.1) is 36.7 Å². The van der Waals surface area contributed by atoms with Crippen LogP contribution in [0.2, 0.25) is 0 Å². The Kier molecular flexibility index (Phi) is 4.89. The van der Waals surface area contributed by atoms with Crippen molar-refractivity contribution in [2.24, 2.45) is 0 Å². The van der Waals surface area contributed by atoms with Gasteiger partial charge in [0.15, 0.2) is 9.84 Å². The van der Waals surface area contributed by atoms with E-state index < -0.39 is 9.84 Å². The van der Waals surface area contributed by atoms with Gasteiger partial charge in [-0.2, -0.15) is 0 Å². The van der Waals surface area contributed by atoms with Crippen LogP contribution < -0.4 is 5.32 Å². The van der Waals surface area contributed by atoms with Crippen LogP contribution in [0, 0.1) is 13.8 Å². The van der Waals surface area contributed by atoms with E-state index in [2.05, 4.69) is 24.1 Å². The molecular weight excluding hydrogens is 372 g/mol. The van der Waals surface area contributed by atoms with Crippen molar-refractivity contribution in [1.29, 1.82) is 0 Å². The van der Waals surface area contributed by atoms with Crippen LogP contribution >= 0.6 is 11.3 Å². The van der Waals surface area contributed by atoms with E-state index in [0.717, 1.165) is 48.2 Å². The molecule has 1 N–H and O–H groups in total. The maximum atomic E-state index is 11.8. The fourth-order valence-corrected chi connectivity index (χ4v) is 6.25. The maximum Gasteiger partial charge on any atom is 0.152 e. The first-order valence-corrected chi connectivity index (χ1v) is 11.6. The molecule has 0 aromatic carbocycles. The van der Waals surface area contributed by atoms with Crippen LogP contribution in [0.15, 0.2) is 0 Å². The molecule has 2 aliphatic heterocycles. The molecule has 1 atom stereocenters. The molecule has 2 aromatic heterocycles. The van der Waals surface area contributed by atoms with Crippen LogP contribution in [-0.4, -0.2) is 67.1 Å². The summed E-state index contributed by atoms with van der Waals surface area (Å²) in [6, 6.07) is -0.0751. The van der Waals surface area contributed by atoms with Crippen molar-refractivity contribution in [2.75, 3.05) is 43.1 Å². The molecule has 4 rings (SSSR count). The van der Waals surface area contributed by atoms with Crippen LogP contribution in [-0.2, 0) is 21.1 Å². The van der Waals surface area contributed by atoms with Crippen molar-refractivity contribution in [2.45, 2.75) is 32.9 Å². The number of aromatic nitrogens is 2. The standard InChI is InChI=1S/C17H24N4O3S2/c1-11-12(2)25-17-15(11)16(18-13-3-8-26(22,23)10-13)19-14(20-17)9-21-4-6-24-7-5-21/h13H,3-10H2,1-2H3,(H,18,19,20)/t13-/m1/s1. The highest BCUT2D eigenvalue weighted by molar-refractivity contribution is 7.91. The first-order valence-electron chi connectivity index (χ1n) is 8.95. The Labute approximate surface area is 157 Å². The summed E-state index contributed by atoms with van der Waals surface area (Å²) >= 11 is 1.67. The van der Waals surface area contributed by atoms with Gasteiger partial charge in [0, 0.05) is 24.0 Å². The van der Waals surface area contributed by atoms with E-state index in [-0.39, 0.29) is 17.5 Å². The number of hydrogen-bond acceptors (Lipinski definition) is 8. The predicted octanol–water partition coefficient (Wildman–Crippen LogP) is 1.74. The number of fused-ring (bicyclic) bond motifs is 1. The second-order valence-electron chi connectivity index (χ2n) is 7.08. The van der Waals surface area contributed by atoms with Crippen LogP contribution in [0.25, 0.3) is 10.2 Å². The van der Waals surface area contributed by atoms with E-state index in [1.54, 1.807) is 11.3 Å². The molecule has 2 aliphatic rings. The van der Waals surface area contributed by atoms with E-state index >= 15 is 0 Å². The van der Waals surface area contributed by atoms with Crippen LogP contribution in [0.1, 0.15) is 22.7 Å². The van der Waals surface area contributed by atoms with E-state index in [4.69, 9.17) is 14.7 Å². The second-order valence-corrected chi connectivity index (χ2v) is 10.5. The van der Waals surface area contributed by atoms with Gasteiger partial charge in [-0.3, -0.25) is 4.90 Å². The number of thiophene rings is 1. The molecule has 26 heavy (non-hydrogen) atoms. The Morgan fingerprint density at radius 1 is 1.27 bits per heavy atom. The molecule has 7 nitrogen and oxygen atoms in total. The highest BCUT2D eigenvalue weighted by Gasteiger charge is 2.29. The number of nitrogens with zero attached hydrogens (tertiary/aromatic N) is 3. The van der Waals surface area contributed by atoms with Gasteiger partial charge in [0.1, 0.15) is 16.5 Å². The third-order valence-corrected chi connectivity index (χ3v) is 7.99. The summed E-state index contributed by atoms with van der Waals surface area (Å²) in [4.78, 5) is 14.1. The quantitative estimate of drug-likeness (QED) is 0.843. The molecule has 0 spiro atoms. The van der Waals surface area contributed by atoms with Crippen molar-refractivity contribution in [3.63, 3.8) is 0 Å². The van der Waals surface area contributed by atoms with E-state index in [0.29, 0.717) is 13.0 Å². The lowest BCUT2D eigenvalue weighted by Crippen LogP contribution is -2.36. The number of aryl methyl sites for hydroxylation is 2. The molecule has 142 valence electrons. The van der Waals surface area contributed by atoms with E-state index in [1.165, 1.54) is 10.4 Å². The van der Waals surface area contributed by atoms with Gasteiger partial charge >= 0.3 is 0 Å². The third-order valence-electron chi connectivity index (χ3n) is 5.12. The average molecular weight is 397 g/mol. The highest BCUT2D eigenvalue weighted by Crippen LogP contribution is 2.34. The fraction of sp³-hybridized carbons (Fsp3) is 0.647. The maximum absolute atomic E-state index is 11.8. The normalized spacial score (nSPS) is 23.5. The summed E-state index contributed by atoms with van der Waals surface area (Å²) in [5.74, 6) is 1.99. The number of ether oxygens (including phenoxy) is 1. The first-order chi connectivity index (χ1) is 12.4. The molecule has 0 unspecified atom stereocenters. The van der Waals surface area contributed by atoms with Gasteiger partial charge < -0.3 is 10.1 Å². The second kappa shape index (κ2) is 7.03. The van der Waals surface area contributed by atoms with Crippen LogP contribution in [0.3, 0.4) is 0 Å². The molecule has 0 aliphatic carbocycles. The smallest absolute Gasteiger partial charge is 0.152 e. The van der Waals surface area contributed by atoms with Crippen molar-refractivity contribution in [1.82, 2.24) is 14.9 Å². The summed E-state index contributed by atoms with van der Waals surface area (Å²) in [6.07, 6.45) is 0.634. The number of nitrogens with one attached hydrogen (secondary N) is 1. The van der Waals surface area contributed by atoms with Gasteiger partial charge in [-0.1, -0.05) is 0 Å². The van der Waals surface area contributed by atoms with Gasteiger partial charge in [0.25, 0.3) is 0 Å². The van der Waals surface area contributed by atoms with Gasteiger partial charge in [-0.25, -0.2) is 18.4 Å². The minimum absolute atomic E-state index is 0.0751. The summed E-state index contributed by atoms with van der Waals surface area (Å²) in [7, 11) is -2.93.